The molecule has 2 aromatic carbocycles. The Labute approximate surface area is 243 Å². The van der Waals surface area contributed by atoms with E-state index in [-0.39, 0.29) is 27.9 Å². The van der Waals surface area contributed by atoms with Crippen LogP contribution >= 0.6 is 23.1 Å². The van der Waals surface area contributed by atoms with Crippen molar-refractivity contribution in [2.75, 3.05) is 4.90 Å². The molecular formula is C30H25N5O4S2. The highest BCUT2D eigenvalue weighted by Gasteiger charge is 2.48. The number of aromatic hydroxyl groups is 1. The Morgan fingerprint density at radius 2 is 1.73 bits per heavy atom. The maximum absolute atomic E-state index is 13.6. The normalized spacial score (nSPS) is 16.7. The first-order valence-electron chi connectivity index (χ1n) is 12.8. The Bertz CT molecular complexity index is 1840. The van der Waals surface area contributed by atoms with Crippen molar-refractivity contribution in [2.45, 2.75) is 36.9 Å². The molecule has 11 heteroatoms. The van der Waals surface area contributed by atoms with E-state index in [4.69, 9.17) is 0 Å². The van der Waals surface area contributed by atoms with Crippen molar-refractivity contribution in [1.29, 1.82) is 0 Å². The van der Waals surface area contributed by atoms with Gasteiger partial charge in [0.15, 0.2) is 10.1 Å². The second kappa shape index (κ2) is 10.5. The number of amides is 1. The Balaban J connectivity index is 1.43. The van der Waals surface area contributed by atoms with Crippen LogP contribution in [0, 0.1) is 20.8 Å². The number of phenols is 1. The lowest BCUT2D eigenvalue weighted by Gasteiger charge is -2.22. The fourth-order valence-corrected chi connectivity index (χ4v) is 6.69. The Morgan fingerprint density at radius 1 is 1.00 bits per heavy atom. The number of imidazole rings is 1. The molecule has 1 fully saturated rings. The summed E-state index contributed by atoms with van der Waals surface area (Å²) in [5.74, 6) is -1.35. The van der Waals surface area contributed by atoms with Gasteiger partial charge in [0.1, 0.15) is 17.1 Å². The third kappa shape index (κ3) is 4.76. The number of phenolic OH excluding ortho intramolecular Hbond substituents is 1. The van der Waals surface area contributed by atoms with Crippen LogP contribution in [0.4, 0.5) is 5.13 Å². The van der Waals surface area contributed by atoms with E-state index in [1.165, 1.54) is 45.7 Å². The fourth-order valence-electron chi connectivity index (χ4n) is 4.86. The van der Waals surface area contributed by atoms with Gasteiger partial charge in [-0.3, -0.25) is 14.5 Å². The van der Waals surface area contributed by atoms with Gasteiger partial charge in [-0.2, -0.15) is 0 Å². The molecule has 41 heavy (non-hydrogen) atoms. The predicted molar refractivity (Wildman–Crippen MR) is 158 cm³/mol. The summed E-state index contributed by atoms with van der Waals surface area (Å²) in [6.45, 7) is 5.73. The second-order valence-electron chi connectivity index (χ2n) is 9.82. The molecule has 0 saturated carbocycles. The minimum absolute atomic E-state index is 0.0306. The number of nitrogens with zero attached hydrogens (tertiary/aromatic N) is 5. The molecular weight excluding hydrogens is 558 g/mol. The molecule has 1 aliphatic heterocycles. The van der Waals surface area contributed by atoms with E-state index in [2.05, 4.69) is 27.3 Å². The quantitative estimate of drug-likeness (QED) is 0.0854. The van der Waals surface area contributed by atoms with Crippen molar-refractivity contribution in [1.82, 2.24) is 19.6 Å². The maximum Gasteiger partial charge on any atom is 0.301 e. The van der Waals surface area contributed by atoms with E-state index in [0.29, 0.717) is 27.0 Å². The molecule has 206 valence electrons. The van der Waals surface area contributed by atoms with Gasteiger partial charge in [-0.25, -0.2) is 4.98 Å². The van der Waals surface area contributed by atoms with Crippen LogP contribution in [0.5, 0.6) is 5.75 Å². The van der Waals surface area contributed by atoms with E-state index < -0.39 is 17.7 Å². The van der Waals surface area contributed by atoms with Crippen molar-refractivity contribution in [3.05, 3.63) is 106 Å². The van der Waals surface area contributed by atoms with Crippen molar-refractivity contribution in [3.63, 3.8) is 0 Å². The number of ketones is 1. The molecule has 1 amide bonds. The van der Waals surface area contributed by atoms with Crippen LogP contribution in [0.15, 0.2) is 76.8 Å². The summed E-state index contributed by atoms with van der Waals surface area (Å²) in [5.41, 5.74) is 5.10. The van der Waals surface area contributed by atoms with Gasteiger partial charge in [-0.1, -0.05) is 71.1 Å². The van der Waals surface area contributed by atoms with Gasteiger partial charge >= 0.3 is 5.91 Å². The number of rotatable bonds is 6. The molecule has 9 nitrogen and oxygen atoms in total. The van der Waals surface area contributed by atoms with E-state index >= 15 is 0 Å². The summed E-state index contributed by atoms with van der Waals surface area (Å²) < 4.78 is 2.47. The highest BCUT2D eigenvalue weighted by Crippen LogP contribution is 2.44. The number of carbonyl (C=O) groups excluding carboxylic acids is 2. The number of anilines is 1. The second-order valence-corrected chi connectivity index (χ2v) is 12.0. The molecule has 1 unspecified atom stereocenters. The number of fused-ring (bicyclic) bond motifs is 1. The zero-order valence-electron chi connectivity index (χ0n) is 22.4. The molecule has 0 radical (unpaired) electrons. The number of aliphatic hydroxyl groups is 1. The first kappa shape index (κ1) is 26.7. The first-order chi connectivity index (χ1) is 19.7. The number of benzene rings is 2. The van der Waals surface area contributed by atoms with E-state index in [1.54, 1.807) is 19.1 Å². The van der Waals surface area contributed by atoms with Gasteiger partial charge in [0.05, 0.1) is 17.3 Å². The maximum atomic E-state index is 13.6. The van der Waals surface area contributed by atoms with Gasteiger partial charge in [0.25, 0.3) is 5.78 Å². The Hall–Kier alpha value is -4.48. The highest BCUT2D eigenvalue weighted by atomic mass is 32.2. The number of aliphatic hydroxyl groups excluding tert-OH is 1. The molecule has 3 aromatic heterocycles. The zero-order valence-corrected chi connectivity index (χ0v) is 24.0. The number of aromatic nitrogens is 4. The Kier molecular flexibility index (Phi) is 6.84. The number of thioether (sulfide) groups is 1. The van der Waals surface area contributed by atoms with Crippen molar-refractivity contribution in [2.24, 2.45) is 0 Å². The smallest absolute Gasteiger partial charge is 0.301 e. The standard InChI is InChI=1S/C30H25N5O4S2/c1-16-6-8-19(9-7-16)15-40-30-33-32-29(41-30)35-24(20-10-12-21(36)13-11-20)22(26(38)28(35)39)25(37)23-18(3)34-14-4-5-17(2)27(34)31-23/h4-14,24,36-37H,15H2,1-3H3. The van der Waals surface area contributed by atoms with Gasteiger partial charge < -0.3 is 14.6 Å². The lowest BCUT2D eigenvalue weighted by molar-refractivity contribution is -0.132. The molecule has 4 heterocycles. The monoisotopic (exact) mass is 583 g/mol. The van der Waals surface area contributed by atoms with Gasteiger partial charge in [-0.15, -0.1) is 10.2 Å². The molecule has 1 aliphatic rings. The van der Waals surface area contributed by atoms with E-state index in [1.807, 2.05) is 48.7 Å². The highest BCUT2D eigenvalue weighted by molar-refractivity contribution is 8.00. The van der Waals surface area contributed by atoms with Crippen LogP contribution in [0.25, 0.3) is 11.4 Å². The van der Waals surface area contributed by atoms with Gasteiger partial charge in [0.2, 0.25) is 5.13 Å². The van der Waals surface area contributed by atoms with E-state index in [9.17, 15) is 19.8 Å². The molecule has 0 spiro atoms. The summed E-state index contributed by atoms with van der Waals surface area (Å²) >= 11 is 2.68. The molecule has 1 atom stereocenters. The molecule has 2 N–H and O–H groups in total. The Morgan fingerprint density at radius 3 is 2.44 bits per heavy atom. The third-order valence-electron chi connectivity index (χ3n) is 7.05. The van der Waals surface area contributed by atoms with Crippen LogP contribution in [-0.2, 0) is 15.3 Å². The predicted octanol–water partition coefficient (Wildman–Crippen LogP) is 5.74. The van der Waals surface area contributed by atoms with Crippen LogP contribution in [0.1, 0.15) is 39.7 Å². The minimum Gasteiger partial charge on any atom is -0.508 e. The van der Waals surface area contributed by atoms with Crippen LogP contribution < -0.4 is 4.90 Å². The third-order valence-corrected chi connectivity index (χ3v) is 9.17. The summed E-state index contributed by atoms with van der Waals surface area (Å²) in [7, 11) is 0. The number of pyridine rings is 1. The number of Topliss-reactive ketones (excluding diaryl/α,β-unsaturated/α-hetero) is 1. The number of aryl methyl sites for hydroxylation is 3. The molecule has 6 rings (SSSR count). The van der Waals surface area contributed by atoms with Crippen LogP contribution in [0.3, 0.4) is 0 Å². The largest absolute Gasteiger partial charge is 0.508 e. The minimum atomic E-state index is -0.996. The van der Waals surface area contributed by atoms with Crippen molar-refractivity contribution >= 4 is 51.3 Å². The molecule has 0 aliphatic carbocycles. The summed E-state index contributed by atoms with van der Waals surface area (Å²) in [6.07, 6.45) is 1.83. The SMILES string of the molecule is Cc1ccc(CSc2nnc(N3C(=O)C(=O)C(=C(O)c4nc5c(C)cccn5c4C)C3c3ccc(O)cc3)s2)cc1. The van der Waals surface area contributed by atoms with Crippen molar-refractivity contribution in [3.8, 4) is 5.75 Å². The summed E-state index contributed by atoms with van der Waals surface area (Å²) in [4.78, 5) is 33.0. The average Bonchev–Trinajstić information content (AvgIpc) is 3.64. The van der Waals surface area contributed by atoms with Gasteiger partial charge in [-0.05, 0) is 55.7 Å². The number of hydrogen-bond acceptors (Lipinski definition) is 9. The van der Waals surface area contributed by atoms with Crippen LogP contribution in [0.2, 0.25) is 0 Å². The molecule has 0 bridgehead atoms. The van der Waals surface area contributed by atoms with Gasteiger partial charge in [0, 0.05) is 11.9 Å². The first-order valence-corrected chi connectivity index (χ1v) is 14.6. The fraction of sp³-hybridized carbons (Fsp3) is 0.167. The number of carbonyl (C=O) groups is 2. The topological polar surface area (TPSA) is 121 Å². The lowest BCUT2D eigenvalue weighted by atomic mass is 9.96. The number of hydrogen-bond donors (Lipinski definition) is 2. The summed E-state index contributed by atoms with van der Waals surface area (Å²) in [5, 5.41) is 30.3. The van der Waals surface area contributed by atoms with E-state index in [0.717, 1.165) is 11.1 Å². The lowest BCUT2D eigenvalue weighted by Crippen LogP contribution is -2.29. The average molecular weight is 584 g/mol. The molecule has 1 saturated heterocycles. The molecule has 5 aromatic rings. The zero-order chi connectivity index (χ0) is 28.8. The van der Waals surface area contributed by atoms with Crippen LogP contribution in [-0.4, -0.2) is 41.5 Å². The van der Waals surface area contributed by atoms with Crippen molar-refractivity contribution < 1.29 is 19.8 Å². The summed E-state index contributed by atoms with van der Waals surface area (Å²) in [6, 6.07) is 17.1.